The number of hydrogen-bond acceptors (Lipinski definition) is 4. The summed E-state index contributed by atoms with van der Waals surface area (Å²) in [5.41, 5.74) is 0.841. The fraction of sp³-hybridized carbons (Fsp3) is 0.400. The van der Waals surface area contributed by atoms with Crippen molar-refractivity contribution in [3.05, 3.63) is 30.1 Å². The number of aryl methyl sites for hydroxylation is 1. The molecule has 0 fully saturated rings. The van der Waals surface area contributed by atoms with Crippen LogP contribution in [-0.2, 0) is 21.2 Å². The van der Waals surface area contributed by atoms with Gasteiger partial charge >= 0.3 is 5.97 Å². The van der Waals surface area contributed by atoms with E-state index in [-0.39, 0.29) is 5.75 Å². The number of nitrogens with zero attached hydrogens (tertiary/aromatic N) is 1. The van der Waals surface area contributed by atoms with Gasteiger partial charge in [-0.1, -0.05) is 0 Å². The highest BCUT2D eigenvalue weighted by Crippen LogP contribution is 2.00. The monoisotopic (exact) mass is 258 g/mol. The average molecular weight is 258 g/mol. The number of pyridine rings is 1. The van der Waals surface area contributed by atoms with Crippen LogP contribution < -0.4 is 4.72 Å². The lowest BCUT2D eigenvalue weighted by atomic mass is 10.2. The maximum atomic E-state index is 11.5. The molecule has 1 rings (SSSR count). The predicted octanol–water partition coefficient (Wildman–Crippen LogP) is 0.0166. The molecule has 0 saturated heterocycles. The molecule has 0 radical (unpaired) electrons. The highest BCUT2D eigenvalue weighted by atomic mass is 32.2. The standard InChI is InChI=1S/C10H14N2O4S/c1-8(10(13)14)12-17(15,16)7-4-9-2-5-11-6-3-9/h2-3,5-6,8,12H,4,7H2,1H3,(H,13,14)/t8-/m1/s1. The van der Waals surface area contributed by atoms with E-state index in [9.17, 15) is 13.2 Å². The number of rotatable bonds is 6. The number of carbonyl (C=O) groups is 1. The van der Waals surface area contributed by atoms with E-state index in [1.165, 1.54) is 6.92 Å². The molecule has 0 saturated carbocycles. The van der Waals surface area contributed by atoms with Crippen molar-refractivity contribution in [2.45, 2.75) is 19.4 Å². The summed E-state index contributed by atoms with van der Waals surface area (Å²) in [4.78, 5) is 14.3. The van der Waals surface area contributed by atoms with Crippen molar-refractivity contribution in [2.24, 2.45) is 0 Å². The van der Waals surface area contributed by atoms with Crippen LogP contribution in [0.2, 0.25) is 0 Å². The zero-order valence-corrected chi connectivity index (χ0v) is 10.1. The molecule has 17 heavy (non-hydrogen) atoms. The highest BCUT2D eigenvalue weighted by molar-refractivity contribution is 7.89. The van der Waals surface area contributed by atoms with E-state index in [2.05, 4.69) is 9.71 Å². The number of hydrogen-bond donors (Lipinski definition) is 2. The Labute approximate surface area is 99.7 Å². The van der Waals surface area contributed by atoms with Gasteiger partial charge in [-0.2, -0.15) is 0 Å². The Balaban J connectivity index is 2.54. The van der Waals surface area contributed by atoms with Crippen LogP contribution in [0.25, 0.3) is 0 Å². The maximum Gasteiger partial charge on any atom is 0.321 e. The second kappa shape index (κ2) is 5.74. The van der Waals surface area contributed by atoms with Gasteiger partial charge in [-0.05, 0) is 31.0 Å². The number of nitrogens with one attached hydrogen (secondary N) is 1. The third-order valence-corrected chi connectivity index (χ3v) is 3.59. The minimum absolute atomic E-state index is 0.144. The Kier molecular flexibility index (Phi) is 4.59. The lowest BCUT2D eigenvalue weighted by molar-refractivity contribution is -0.138. The van der Waals surface area contributed by atoms with Crippen LogP contribution in [0.5, 0.6) is 0 Å². The summed E-state index contributed by atoms with van der Waals surface area (Å²) in [6.07, 6.45) is 3.48. The molecule has 0 amide bonds. The van der Waals surface area contributed by atoms with E-state index in [1.54, 1.807) is 24.5 Å². The maximum absolute atomic E-state index is 11.5. The average Bonchev–Trinajstić information content (AvgIpc) is 2.27. The van der Waals surface area contributed by atoms with Crippen molar-refractivity contribution >= 4 is 16.0 Å². The van der Waals surface area contributed by atoms with Crippen LogP contribution in [0.1, 0.15) is 12.5 Å². The Morgan fingerprint density at radius 1 is 1.47 bits per heavy atom. The van der Waals surface area contributed by atoms with E-state index in [0.29, 0.717) is 6.42 Å². The van der Waals surface area contributed by atoms with Crippen molar-refractivity contribution in [3.8, 4) is 0 Å². The second-order valence-corrected chi connectivity index (χ2v) is 5.48. The van der Waals surface area contributed by atoms with E-state index in [1.807, 2.05) is 0 Å². The highest BCUT2D eigenvalue weighted by Gasteiger charge is 2.19. The Hall–Kier alpha value is -1.47. The SMILES string of the molecule is C[C@@H](NS(=O)(=O)CCc1ccncc1)C(=O)O. The van der Waals surface area contributed by atoms with Crippen molar-refractivity contribution in [1.29, 1.82) is 0 Å². The molecule has 7 heteroatoms. The third kappa shape index (κ3) is 4.92. The molecule has 94 valence electrons. The molecule has 0 aromatic carbocycles. The summed E-state index contributed by atoms with van der Waals surface area (Å²) >= 11 is 0. The van der Waals surface area contributed by atoms with Crippen molar-refractivity contribution in [1.82, 2.24) is 9.71 Å². The lowest BCUT2D eigenvalue weighted by Crippen LogP contribution is -2.39. The molecule has 0 bridgehead atoms. The van der Waals surface area contributed by atoms with Gasteiger partial charge in [0.2, 0.25) is 10.0 Å². The molecule has 1 atom stereocenters. The van der Waals surface area contributed by atoms with Gasteiger partial charge in [0.1, 0.15) is 6.04 Å². The molecule has 0 aliphatic heterocycles. The van der Waals surface area contributed by atoms with Gasteiger partial charge in [0.25, 0.3) is 0 Å². The number of aliphatic carboxylic acids is 1. The smallest absolute Gasteiger partial charge is 0.321 e. The van der Waals surface area contributed by atoms with Gasteiger partial charge in [-0.15, -0.1) is 0 Å². The molecule has 2 N–H and O–H groups in total. The normalized spacial score (nSPS) is 13.2. The van der Waals surface area contributed by atoms with Gasteiger partial charge in [0.15, 0.2) is 0 Å². The van der Waals surface area contributed by atoms with Gasteiger partial charge in [0, 0.05) is 12.4 Å². The van der Waals surface area contributed by atoms with Crippen LogP contribution in [-0.4, -0.2) is 36.3 Å². The van der Waals surface area contributed by atoms with E-state index >= 15 is 0 Å². The molecular formula is C10H14N2O4S. The summed E-state index contributed by atoms with van der Waals surface area (Å²) < 4.78 is 25.1. The largest absolute Gasteiger partial charge is 0.480 e. The first kappa shape index (κ1) is 13.6. The van der Waals surface area contributed by atoms with E-state index in [4.69, 9.17) is 5.11 Å². The molecule has 0 aliphatic rings. The topological polar surface area (TPSA) is 96.4 Å². The second-order valence-electron chi connectivity index (χ2n) is 3.60. The Morgan fingerprint density at radius 2 is 2.06 bits per heavy atom. The fourth-order valence-corrected chi connectivity index (χ4v) is 2.44. The Morgan fingerprint density at radius 3 is 2.59 bits per heavy atom. The van der Waals surface area contributed by atoms with Gasteiger partial charge in [-0.25, -0.2) is 13.1 Å². The molecule has 0 unspecified atom stereocenters. The first-order valence-electron chi connectivity index (χ1n) is 5.02. The zero-order valence-electron chi connectivity index (χ0n) is 9.33. The zero-order chi connectivity index (χ0) is 12.9. The fourth-order valence-electron chi connectivity index (χ4n) is 1.18. The van der Waals surface area contributed by atoms with Crippen LogP contribution >= 0.6 is 0 Å². The molecular weight excluding hydrogens is 244 g/mol. The van der Waals surface area contributed by atoms with Crippen LogP contribution in [0, 0.1) is 0 Å². The van der Waals surface area contributed by atoms with Crippen LogP contribution in [0.3, 0.4) is 0 Å². The minimum Gasteiger partial charge on any atom is -0.480 e. The first-order chi connectivity index (χ1) is 7.91. The summed E-state index contributed by atoms with van der Waals surface area (Å²) in [7, 11) is -3.58. The van der Waals surface area contributed by atoms with Crippen molar-refractivity contribution in [3.63, 3.8) is 0 Å². The van der Waals surface area contributed by atoms with Gasteiger partial charge < -0.3 is 5.11 Å². The first-order valence-corrected chi connectivity index (χ1v) is 6.67. The van der Waals surface area contributed by atoms with Crippen LogP contribution in [0.15, 0.2) is 24.5 Å². The summed E-state index contributed by atoms with van der Waals surface area (Å²) in [6.45, 7) is 1.28. The molecule has 1 aromatic heterocycles. The number of sulfonamides is 1. The van der Waals surface area contributed by atoms with Crippen LogP contribution in [0.4, 0.5) is 0 Å². The Bertz CT molecular complexity index is 472. The molecule has 0 spiro atoms. The number of aromatic nitrogens is 1. The molecule has 1 heterocycles. The number of carboxylic acids is 1. The lowest BCUT2D eigenvalue weighted by Gasteiger charge is -2.09. The predicted molar refractivity (Wildman–Crippen MR) is 62.0 cm³/mol. The third-order valence-electron chi connectivity index (χ3n) is 2.14. The summed E-state index contributed by atoms with van der Waals surface area (Å²) in [6, 6.07) is 2.32. The molecule has 1 aromatic rings. The molecule has 0 aliphatic carbocycles. The van der Waals surface area contributed by atoms with E-state index < -0.39 is 22.0 Å². The van der Waals surface area contributed by atoms with E-state index in [0.717, 1.165) is 5.56 Å². The van der Waals surface area contributed by atoms with Gasteiger partial charge in [0.05, 0.1) is 5.75 Å². The van der Waals surface area contributed by atoms with Crippen molar-refractivity contribution in [2.75, 3.05) is 5.75 Å². The summed E-state index contributed by atoms with van der Waals surface area (Å²) in [5.74, 6) is -1.34. The van der Waals surface area contributed by atoms with Gasteiger partial charge in [-0.3, -0.25) is 9.78 Å². The minimum atomic E-state index is -3.58. The summed E-state index contributed by atoms with van der Waals surface area (Å²) in [5, 5.41) is 8.60. The number of carboxylic acid groups (broad SMARTS) is 1. The quantitative estimate of drug-likeness (QED) is 0.749. The molecule has 6 nitrogen and oxygen atoms in total. The van der Waals surface area contributed by atoms with Crippen molar-refractivity contribution < 1.29 is 18.3 Å².